The summed E-state index contributed by atoms with van der Waals surface area (Å²) in [4.78, 5) is 28.1. The summed E-state index contributed by atoms with van der Waals surface area (Å²) in [6, 6.07) is 0.0687. The molecule has 1 rings (SSSR count). The molecule has 2 amide bonds. The zero-order valence-corrected chi connectivity index (χ0v) is 17.1. The molecule has 0 spiro atoms. The molecule has 1 N–H and O–H groups in total. The van der Waals surface area contributed by atoms with Crippen LogP contribution in [-0.2, 0) is 9.53 Å². The summed E-state index contributed by atoms with van der Waals surface area (Å²) in [5.74, 6) is 0.0664. The second-order valence-corrected chi connectivity index (χ2v) is 8.43. The van der Waals surface area contributed by atoms with Gasteiger partial charge in [-0.05, 0) is 53.9 Å². The Bertz CT molecular complexity index is 446. The van der Waals surface area contributed by atoms with E-state index in [0.29, 0.717) is 0 Å². The summed E-state index contributed by atoms with van der Waals surface area (Å²) in [7, 11) is 3.53. The molecule has 0 aromatic heterocycles. The molecule has 0 radical (unpaired) electrons. The van der Waals surface area contributed by atoms with Crippen LogP contribution in [0, 0.1) is 0 Å². The zero-order valence-electron chi connectivity index (χ0n) is 17.1. The van der Waals surface area contributed by atoms with Crippen LogP contribution < -0.4 is 5.32 Å². The molecule has 0 bridgehead atoms. The predicted molar refractivity (Wildman–Crippen MR) is 101 cm³/mol. The van der Waals surface area contributed by atoms with Crippen LogP contribution in [0.25, 0.3) is 0 Å². The highest BCUT2D eigenvalue weighted by atomic mass is 16.6. The number of amides is 2. The van der Waals surface area contributed by atoms with Gasteiger partial charge in [-0.1, -0.05) is 12.8 Å². The molecule has 3 unspecified atom stereocenters. The third-order valence-corrected chi connectivity index (χ3v) is 4.48. The lowest BCUT2D eigenvalue weighted by Gasteiger charge is -2.34. The van der Waals surface area contributed by atoms with Crippen LogP contribution in [0.4, 0.5) is 4.79 Å². The largest absolute Gasteiger partial charge is 0.444 e. The number of nitrogens with zero attached hydrogens (tertiary/aromatic N) is 2. The number of likely N-dealkylation sites (N-methyl/N-ethyl adjacent to an activating group) is 1. The van der Waals surface area contributed by atoms with Crippen LogP contribution >= 0.6 is 0 Å². The maximum absolute atomic E-state index is 12.6. The van der Waals surface area contributed by atoms with E-state index in [0.717, 1.165) is 38.6 Å². The van der Waals surface area contributed by atoms with Crippen molar-refractivity contribution >= 4 is 12.0 Å². The van der Waals surface area contributed by atoms with E-state index in [9.17, 15) is 9.59 Å². The van der Waals surface area contributed by atoms with E-state index >= 15 is 0 Å². The van der Waals surface area contributed by atoms with Crippen molar-refractivity contribution in [2.75, 3.05) is 20.6 Å². The number of hydrogen-bond donors (Lipinski definition) is 1. The molecule has 1 heterocycles. The quantitative estimate of drug-likeness (QED) is 0.823. The van der Waals surface area contributed by atoms with Crippen LogP contribution in [0.1, 0.15) is 66.7 Å². The molecule has 6 nitrogen and oxygen atoms in total. The van der Waals surface area contributed by atoms with Crippen molar-refractivity contribution in [3.05, 3.63) is 0 Å². The van der Waals surface area contributed by atoms with Crippen molar-refractivity contribution in [3.8, 4) is 0 Å². The van der Waals surface area contributed by atoms with Gasteiger partial charge in [0.1, 0.15) is 5.60 Å². The molecule has 3 atom stereocenters. The summed E-state index contributed by atoms with van der Waals surface area (Å²) < 4.78 is 5.60. The van der Waals surface area contributed by atoms with Crippen molar-refractivity contribution < 1.29 is 14.3 Å². The summed E-state index contributed by atoms with van der Waals surface area (Å²) >= 11 is 0. The molecule has 1 fully saturated rings. The minimum absolute atomic E-state index is 0.0664. The molecule has 146 valence electrons. The minimum Gasteiger partial charge on any atom is -0.444 e. The van der Waals surface area contributed by atoms with Gasteiger partial charge >= 0.3 is 6.09 Å². The molecule has 6 heteroatoms. The van der Waals surface area contributed by atoms with Gasteiger partial charge in [-0.3, -0.25) is 4.79 Å². The first-order chi connectivity index (χ1) is 11.5. The lowest BCUT2D eigenvalue weighted by molar-refractivity contribution is -0.130. The van der Waals surface area contributed by atoms with Crippen molar-refractivity contribution in [1.82, 2.24) is 15.1 Å². The smallest absolute Gasteiger partial charge is 0.410 e. The maximum Gasteiger partial charge on any atom is 0.410 e. The average molecular weight is 356 g/mol. The average Bonchev–Trinajstić information content (AvgIpc) is 2.69. The third kappa shape index (κ3) is 7.63. The SMILES string of the molecule is CC(CC1CCCCCN1C(=O)OC(C)(C)C)NC(C)C(=O)N(C)C. The minimum atomic E-state index is -0.482. The fourth-order valence-electron chi connectivity index (χ4n) is 3.34. The van der Waals surface area contributed by atoms with Gasteiger partial charge < -0.3 is 19.9 Å². The number of hydrogen-bond acceptors (Lipinski definition) is 4. The van der Waals surface area contributed by atoms with E-state index in [-0.39, 0.29) is 30.1 Å². The molecule has 0 saturated carbocycles. The van der Waals surface area contributed by atoms with Gasteiger partial charge in [-0.2, -0.15) is 0 Å². The van der Waals surface area contributed by atoms with Gasteiger partial charge in [0.25, 0.3) is 0 Å². The van der Waals surface area contributed by atoms with E-state index in [1.165, 1.54) is 0 Å². The third-order valence-electron chi connectivity index (χ3n) is 4.48. The summed E-state index contributed by atoms with van der Waals surface area (Å²) in [6.07, 6.45) is 4.89. The first-order valence-corrected chi connectivity index (χ1v) is 9.48. The van der Waals surface area contributed by atoms with Gasteiger partial charge in [0.05, 0.1) is 6.04 Å². The number of carbonyl (C=O) groups excluding carboxylic acids is 2. The molecule has 1 aliphatic heterocycles. The van der Waals surface area contributed by atoms with Gasteiger partial charge in [-0.25, -0.2) is 4.79 Å². The van der Waals surface area contributed by atoms with Crippen LogP contribution in [0.15, 0.2) is 0 Å². The first-order valence-electron chi connectivity index (χ1n) is 9.48. The molecular weight excluding hydrogens is 318 g/mol. The lowest BCUT2D eigenvalue weighted by Crippen LogP contribution is -2.49. The highest BCUT2D eigenvalue weighted by molar-refractivity contribution is 5.80. The van der Waals surface area contributed by atoms with Gasteiger partial charge in [0, 0.05) is 32.7 Å². The Kier molecular flexibility index (Phi) is 8.19. The highest BCUT2D eigenvalue weighted by Gasteiger charge is 2.31. The highest BCUT2D eigenvalue weighted by Crippen LogP contribution is 2.23. The Balaban J connectivity index is 2.70. The number of ether oxygens (including phenoxy) is 1. The Morgan fingerprint density at radius 3 is 2.40 bits per heavy atom. The van der Waals surface area contributed by atoms with E-state index in [2.05, 4.69) is 12.2 Å². The molecule has 25 heavy (non-hydrogen) atoms. The Morgan fingerprint density at radius 1 is 1.20 bits per heavy atom. The monoisotopic (exact) mass is 355 g/mol. The van der Waals surface area contributed by atoms with Crippen molar-refractivity contribution in [3.63, 3.8) is 0 Å². The van der Waals surface area contributed by atoms with E-state index in [4.69, 9.17) is 4.74 Å². The fraction of sp³-hybridized carbons (Fsp3) is 0.895. The van der Waals surface area contributed by atoms with E-state index < -0.39 is 5.60 Å². The molecule has 1 saturated heterocycles. The van der Waals surface area contributed by atoms with Crippen LogP contribution in [0.2, 0.25) is 0 Å². The predicted octanol–water partition coefficient (Wildman–Crippen LogP) is 3.01. The topological polar surface area (TPSA) is 61.9 Å². The van der Waals surface area contributed by atoms with Crippen LogP contribution in [0.5, 0.6) is 0 Å². The lowest BCUT2D eigenvalue weighted by atomic mass is 10.0. The molecule has 0 aromatic rings. The van der Waals surface area contributed by atoms with Gasteiger partial charge in [0.2, 0.25) is 5.91 Å². The number of carbonyl (C=O) groups is 2. The summed E-state index contributed by atoms with van der Waals surface area (Å²) in [6.45, 7) is 10.4. The normalized spacial score (nSPS) is 21.2. The molecule has 0 aromatic carbocycles. The van der Waals surface area contributed by atoms with Gasteiger partial charge in [0.15, 0.2) is 0 Å². The van der Waals surface area contributed by atoms with E-state index in [1.54, 1.807) is 19.0 Å². The molecule has 1 aliphatic rings. The molecular formula is C19H37N3O3. The second-order valence-electron chi connectivity index (χ2n) is 8.43. The standard InChI is InChI=1S/C19H37N3O3/c1-14(20-15(2)17(23)21(6)7)13-16-11-9-8-10-12-22(16)18(24)25-19(3,4)5/h14-16,20H,8-13H2,1-7H3. The zero-order chi connectivity index (χ0) is 19.2. The van der Waals surface area contributed by atoms with Gasteiger partial charge in [-0.15, -0.1) is 0 Å². The second kappa shape index (κ2) is 9.41. The number of nitrogens with one attached hydrogen (secondary N) is 1. The maximum atomic E-state index is 12.6. The summed E-state index contributed by atoms with van der Waals surface area (Å²) in [5, 5.41) is 3.37. The Morgan fingerprint density at radius 2 is 1.84 bits per heavy atom. The van der Waals surface area contributed by atoms with E-state index in [1.807, 2.05) is 32.6 Å². The van der Waals surface area contributed by atoms with Crippen LogP contribution in [0.3, 0.4) is 0 Å². The van der Waals surface area contributed by atoms with Crippen molar-refractivity contribution in [1.29, 1.82) is 0 Å². The number of likely N-dealkylation sites (tertiary alicyclic amines) is 1. The number of rotatable bonds is 5. The first kappa shape index (κ1) is 21.7. The van der Waals surface area contributed by atoms with Crippen LogP contribution in [-0.4, -0.2) is 66.2 Å². The summed E-state index contributed by atoms with van der Waals surface area (Å²) in [5.41, 5.74) is -0.482. The Labute approximate surface area is 153 Å². The van der Waals surface area contributed by atoms with Crippen molar-refractivity contribution in [2.45, 2.75) is 90.4 Å². The molecule has 0 aliphatic carbocycles. The fourth-order valence-corrected chi connectivity index (χ4v) is 3.34. The van der Waals surface area contributed by atoms with Crippen molar-refractivity contribution in [2.24, 2.45) is 0 Å². The Hall–Kier alpha value is -1.30.